The second-order valence-electron chi connectivity index (χ2n) is 8.36. The van der Waals surface area contributed by atoms with Crippen LogP contribution in [0.1, 0.15) is 45.3 Å². The van der Waals surface area contributed by atoms with Gasteiger partial charge in [0.1, 0.15) is 23.2 Å². The van der Waals surface area contributed by atoms with E-state index in [-0.39, 0.29) is 56.2 Å². The van der Waals surface area contributed by atoms with Crippen LogP contribution in [0, 0.1) is 5.92 Å². The molecule has 0 aromatic carbocycles. The van der Waals surface area contributed by atoms with Crippen LogP contribution in [0.2, 0.25) is 0 Å². The molecule has 8 heteroatoms. The number of rotatable bonds is 10. The van der Waals surface area contributed by atoms with Crippen molar-refractivity contribution in [2.45, 2.75) is 75.7 Å². The van der Waals surface area contributed by atoms with Crippen LogP contribution in [0.5, 0.6) is 0 Å². The van der Waals surface area contributed by atoms with E-state index in [1.54, 1.807) is 19.1 Å². The average molecular weight is 422 g/mol. The third kappa shape index (κ3) is 5.44. The number of epoxide rings is 1. The maximum Gasteiger partial charge on any atom is 0.163 e. The molecule has 7 atom stereocenters. The van der Waals surface area contributed by atoms with Crippen molar-refractivity contribution in [1.29, 1.82) is 0 Å². The fourth-order valence-corrected chi connectivity index (χ4v) is 3.99. The molecule has 2 aliphatic rings. The Morgan fingerprint density at radius 2 is 2.10 bits per heavy atom. The van der Waals surface area contributed by atoms with Gasteiger partial charge < -0.3 is 29.2 Å². The molecule has 2 aliphatic heterocycles. The number of furan rings is 1. The maximum atomic E-state index is 12.6. The van der Waals surface area contributed by atoms with Crippen molar-refractivity contribution in [2.24, 2.45) is 5.92 Å². The molecule has 0 saturated carbocycles. The number of aliphatic hydroxyl groups is 3. The summed E-state index contributed by atoms with van der Waals surface area (Å²) < 4.78 is 16.6. The topological polar surface area (TPSA) is 130 Å². The summed E-state index contributed by atoms with van der Waals surface area (Å²) in [5.41, 5.74) is -1.32. The summed E-state index contributed by atoms with van der Waals surface area (Å²) >= 11 is 0. The van der Waals surface area contributed by atoms with Gasteiger partial charge in [-0.05, 0) is 37.6 Å². The van der Waals surface area contributed by atoms with Crippen molar-refractivity contribution in [3.05, 3.63) is 30.2 Å². The van der Waals surface area contributed by atoms with E-state index in [0.29, 0.717) is 5.76 Å². The molecule has 0 bridgehead atoms. The number of carbonyl (C=O) groups is 2. The minimum atomic E-state index is -1.32. The first kappa shape index (κ1) is 22.8. The molecule has 3 N–H and O–H groups in total. The fourth-order valence-electron chi connectivity index (χ4n) is 3.99. The fraction of sp³-hybridized carbons (Fsp3) is 0.636. The second kappa shape index (κ2) is 9.53. The molecule has 0 aliphatic carbocycles. The van der Waals surface area contributed by atoms with Gasteiger partial charge in [-0.2, -0.15) is 0 Å². The molecular weight excluding hydrogens is 392 g/mol. The minimum Gasteiger partial charge on any atom is -0.465 e. The van der Waals surface area contributed by atoms with Crippen molar-refractivity contribution in [2.75, 3.05) is 6.61 Å². The largest absolute Gasteiger partial charge is 0.465 e. The first-order valence-electron chi connectivity index (χ1n) is 10.3. The lowest BCUT2D eigenvalue weighted by atomic mass is 9.79. The number of ether oxygens (including phenoxy) is 2. The van der Waals surface area contributed by atoms with Crippen LogP contribution in [0.25, 0.3) is 6.08 Å². The minimum absolute atomic E-state index is 0.110. The summed E-state index contributed by atoms with van der Waals surface area (Å²) in [6.45, 7) is 3.74. The van der Waals surface area contributed by atoms with Crippen LogP contribution in [-0.4, -0.2) is 69.6 Å². The summed E-state index contributed by atoms with van der Waals surface area (Å²) in [5, 5.41) is 30.6. The van der Waals surface area contributed by atoms with Crippen molar-refractivity contribution in [3.63, 3.8) is 0 Å². The van der Waals surface area contributed by atoms with Crippen molar-refractivity contribution in [1.82, 2.24) is 0 Å². The lowest BCUT2D eigenvalue weighted by Gasteiger charge is -2.43. The van der Waals surface area contributed by atoms with Gasteiger partial charge in [0.2, 0.25) is 0 Å². The standard InChI is InChI=1S/C22H30O8/c1-13(14(2)23)20-19(30-20)12-22(21(27)18(26)7-9-29-22)11-16(25)10-15(24)5-6-17-4-3-8-28-17/h3-6,8,13-14,18-21,23,26-27H,7,9-12H2,1-2H3/t13-,14-,18?,19-,20-,21?,22+/m0/s1. The Hall–Kier alpha value is -1.84. The van der Waals surface area contributed by atoms with Crippen molar-refractivity contribution < 1.29 is 38.8 Å². The number of hydrogen-bond acceptors (Lipinski definition) is 8. The third-order valence-corrected chi connectivity index (χ3v) is 6.00. The number of aliphatic hydroxyl groups excluding tert-OH is 3. The van der Waals surface area contributed by atoms with Crippen molar-refractivity contribution in [3.8, 4) is 0 Å². The molecule has 0 radical (unpaired) electrons. The Kier molecular flexibility index (Phi) is 7.26. The number of Topliss-reactive ketones (excluding diaryl/α,β-unsaturated/α-hetero) is 1. The predicted octanol–water partition coefficient (Wildman–Crippen LogP) is 1.27. The van der Waals surface area contributed by atoms with Crippen LogP contribution in [0.15, 0.2) is 28.9 Å². The highest BCUT2D eigenvalue weighted by molar-refractivity contribution is 6.06. The molecular formula is C22H30O8. The summed E-state index contributed by atoms with van der Waals surface area (Å²) in [7, 11) is 0. The van der Waals surface area contributed by atoms with Gasteiger partial charge in [0, 0.05) is 18.8 Å². The monoisotopic (exact) mass is 422 g/mol. The number of hydrogen-bond donors (Lipinski definition) is 3. The number of carbonyl (C=O) groups excluding carboxylic acids is 2. The number of ketones is 2. The van der Waals surface area contributed by atoms with Gasteiger partial charge in [-0.1, -0.05) is 6.92 Å². The van der Waals surface area contributed by atoms with E-state index in [2.05, 4.69) is 0 Å². The maximum absolute atomic E-state index is 12.6. The zero-order valence-electron chi connectivity index (χ0n) is 17.3. The molecule has 2 saturated heterocycles. The van der Waals surface area contributed by atoms with Crippen LogP contribution in [0.3, 0.4) is 0 Å². The lowest BCUT2D eigenvalue weighted by molar-refractivity contribution is -0.204. The highest BCUT2D eigenvalue weighted by Crippen LogP contribution is 2.42. The summed E-state index contributed by atoms with van der Waals surface area (Å²) in [6.07, 6.45) is 0.824. The first-order chi connectivity index (χ1) is 14.2. The molecule has 0 amide bonds. The smallest absolute Gasteiger partial charge is 0.163 e. The molecule has 0 spiro atoms. The van der Waals surface area contributed by atoms with Gasteiger partial charge in [0.15, 0.2) is 5.78 Å². The molecule has 1 aromatic heterocycles. The Morgan fingerprint density at radius 1 is 1.33 bits per heavy atom. The number of allylic oxidation sites excluding steroid dienone is 1. The van der Waals surface area contributed by atoms with Crippen LogP contribution in [0.4, 0.5) is 0 Å². The Labute approximate surface area is 175 Å². The van der Waals surface area contributed by atoms with E-state index in [4.69, 9.17) is 13.9 Å². The van der Waals surface area contributed by atoms with Crippen LogP contribution >= 0.6 is 0 Å². The molecule has 2 fully saturated rings. The normalized spacial score (nSPS) is 33.4. The van der Waals surface area contributed by atoms with E-state index in [1.807, 2.05) is 6.92 Å². The van der Waals surface area contributed by atoms with Crippen LogP contribution in [-0.2, 0) is 19.1 Å². The Balaban J connectivity index is 1.64. The molecule has 1 aromatic rings. The summed E-state index contributed by atoms with van der Waals surface area (Å²) in [6, 6.07) is 3.38. The highest BCUT2D eigenvalue weighted by Gasteiger charge is 2.55. The van der Waals surface area contributed by atoms with Gasteiger partial charge in [0.05, 0.1) is 43.7 Å². The van der Waals surface area contributed by atoms with E-state index in [1.165, 1.54) is 18.4 Å². The van der Waals surface area contributed by atoms with E-state index in [9.17, 15) is 24.9 Å². The Bertz CT molecular complexity index is 755. The van der Waals surface area contributed by atoms with E-state index >= 15 is 0 Å². The average Bonchev–Trinajstić information content (AvgIpc) is 3.22. The SMILES string of the molecule is C[C@H]([C@@H]1O[C@H]1C[C@@]1(CC(=O)CC(=O)C=Cc2ccco2)OCCC(O)C1O)[C@H](C)O. The zero-order chi connectivity index (χ0) is 21.9. The van der Waals surface area contributed by atoms with Gasteiger partial charge in [-0.25, -0.2) is 0 Å². The second-order valence-corrected chi connectivity index (χ2v) is 8.36. The molecule has 166 valence electrons. The van der Waals surface area contributed by atoms with E-state index < -0.39 is 29.7 Å². The molecule has 8 nitrogen and oxygen atoms in total. The molecule has 3 heterocycles. The third-order valence-electron chi connectivity index (χ3n) is 6.00. The van der Waals surface area contributed by atoms with Gasteiger partial charge in [-0.3, -0.25) is 9.59 Å². The van der Waals surface area contributed by atoms with Gasteiger partial charge in [-0.15, -0.1) is 0 Å². The first-order valence-corrected chi connectivity index (χ1v) is 10.3. The zero-order valence-corrected chi connectivity index (χ0v) is 17.3. The highest BCUT2D eigenvalue weighted by atomic mass is 16.6. The quantitative estimate of drug-likeness (QED) is 0.292. The molecule has 30 heavy (non-hydrogen) atoms. The lowest BCUT2D eigenvalue weighted by Crippen LogP contribution is -2.57. The van der Waals surface area contributed by atoms with E-state index in [0.717, 1.165) is 0 Å². The van der Waals surface area contributed by atoms with Gasteiger partial charge >= 0.3 is 0 Å². The van der Waals surface area contributed by atoms with Gasteiger partial charge in [0.25, 0.3) is 0 Å². The van der Waals surface area contributed by atoms with Crippen molar-refractivity contribution >= 4 is 17.6 Å². The van der Waals surface area contributed by atoms with Crippen LogP contribution < -0.4 is 0 Å². The molecule has 3 rings (SSSR count). The summed E-state index contributed by atoms with van der Waals surface area (Å²) in [5.74, 6) is -0.383. The Morgan fingerprint density at radius 3 is 2.77 bits per heavy atom. The summed E-state index contributed by atoms with van der Waals surface area (Å²) in [4.78, 5) is 24.8. The molecule has 2 unspecified atom stereocenters. The predicted molar refractivity (Wildman–Crippen MR) is 106 cm³/mol.